The van der Waals surface area contributed by atoms with Crippen molar-refractivity contribution in [3.05, 3.63) is 35.5 Å². The first-order valence-corrected chi connectivity index (χ1v) is 6.68. The van der Waals surface area contributed by atoms with Gasteiger partial charge in [-0.15, -0.1) is 0 Å². The molecule has 0 unspecified atom stereocenters. The molecule has 0 atom stereocenters. The Hall–Kier alpha value is -1.77. The number of para-hydroxylation sites is 1. The molecule has 2 rings (SSSR count). The molecular weight excluding hydrogens is 238 g/mol. The maximum atomic E-state index is 11.3. The highest BCUT2D eigenvalue weighted by Crippen LogP contribution is 2.28. The van der Waals surface area contributed by atoms with Gasteiger partial charge in [0.05, 0.1) is 10.9 Å². The summed E-state index contributed by atoms with van der Waals surface area (Å²) in [5.41, 5.74) is 2.81. The Kier molecular flexibility index (Phi) is 3.40. The highest BCUT2D eigenvalue weighted by Gasteiger charge is 2.29. The average molecular weight is 259 g/mol. The van der Waals surface area contributed by atoms with Crippen LogP contribution < -0.4 is 0 Å². The van der Waals surface area contributed by atoms with E-state index in [1.807, 2.05) is 6.07 Å². The summed E-state index contributed by atoms with van der Waals surface area (Å²) in [6.45, 7) is 8.61. The Morgan fingerprint density at radius 1 is 1.37 bits per heavy atom. The van der Waals surface area contributed by atoms with Gasteiger partial charge in [0, 0.05) is 24.0 Å². The van der Waals surface area contributed by atoms with Gasteiger partial charge in [-0.1, -0.05) is 18.2 Å². The van der Waals surface area contributed by atoms with Crippen molar-refractivity contribution >= 4 is 16.9 Å². The average Bonchev–Trinajstić information content (AvgIpc) is 2.66. The maximum Gasteiger partial charge on any atom is 0.309 e. The summed E-state index contributed by atoms with van der Waals surface area (Å²) in [4.78, 5) is 11.3. The zero-order chi connectivity index (χ0) is 14.2. The van der Waals surface area contributed by atoms with Gasteiger partial charge in [-0.05, 0) is 39.3 Å². The number of fused-ring (bicyclic) bond motifs is 1. The zero-order valence-electron chi connectivity index (χ0n) is 12.0. The molecule has 0 fully saturated rings. The molecular formula is C16H21NO2. The van der Waals surface area contributed by atoms with Crippen molar-refractivity contribution in [1.29, 1.82) is 0 Å². The van der Waals surface area contributed by atoms with Crippen LogP contribution in [0.3, 0.4) is 0 Å². The molecule has 3 nitrogen and oxygen atoms in total. The molecule has 1 aromatic carbocycles. The van der Waals surface area contributed by atoms with Gasteiger partial charge in [0.2, 0.25) is 0 Å². The molecule has 1 aromatic heterocycles. The monoisotopic (exact) mass is 259 g/mol. The fourth-order valence-corrected chi connectivity index (χ4v) is 2.60. The second-order valence-corrected chi connectivity index (χ2v) is 5.76. The molecule has 0 spiro atoms. The highest BCUT2D eigenvalue weighted by molar-refractivity contribution is 5.84. The fraction of sp³-hybridized carbons (Fsp3) is 0.438. The van der Waals surface area contributed by atoms with Crippen molar-refractivity contribution in [3.8, 4) is 0 Å². The molecule has 0 saturated carbocycles. The number of rotatable bonds is 4. The minimum Gasteiger partial charge on any atom is -0.481 e. The molecule has 0 radical (unpaired) electrons. The second kappa shape index (κ2) is 4.72. The van der Waals surface area contributed by atoms with Crippen LogP contribution in [0.15, 0.2) is 24.3 Å². The Morgan fingerprint density at radius 3 is 2.63 bits per heavy atom. The number of nitrogens with zero attached hydrogens (tertiary/aromatic N) is 1. The van der Waals surface area contributed by atoms with E-state index in [-0.39, 0.29) is 0 Å². The molecule has 0 saturated heterocycles. The van der Waals surface area contributed by atoms with Gasteiger partial charge in [0.15, 0.2) is 0 Å². The summed E-state index contributed by atoms with van der Waals surface area (Å²) in [6, 6.07) is 8.35. The van der Waals surface area contributed by atoms with E-state index in [0.717, 1.165) is 12.2 Å². The SMILES string of the molecule is CCn1c(CC(C)(C)C(=O)O)cc2cccc(C)c21. The van der Waals surface area contributed by atoms with Gasteiger partial charge in [0.25, 0.3) is 0 Å². The van der Waals surface area contributed by atoms with Gasteiger partial charge in [-0.25, -0.2) is 0 Å². The second-order valence-electron chi connectivity index (χ2n) is 5.76. The molecule has 1 N–H and O–H groups in total. The number of carboxylic acids is 1. The van der Waals surface area contributed by atoms with Crippen LogP contribution in [-0.2, 0) is 17.8 Å². The van der Waals surface area contributed by atoms with Crippen molar-refractivity contribution < 1.29 is 9.90 Å². The summed E-state index contributed by atoms with van der Waals surface area (Å²) in [5, 5.41) is 10.5. The number of aryl methyl sites for hydroxylation is 2. The predicted molar refractivity (Wildman–Crippen MR) is 77.5 cm³/mol. The van der Waals surface area contributed by atoms with Crippen LogP contribution in [0.4, 0.5) is 0 Å². The van der Waals surface area contributed by atoms with Crippen molar-refractivity contribution in [2.75, 3.05) is 0 Å². The van der Waals surface area contributed by atoms with Crippen molar-refractivity contribution in [2.24, 2.45) is 5.41 Å². The standard InChI is InChI=1S/C16H21NO2/c1-5-17-13(10-16(3,4)15(18)19)9-12-8-6-7-11(2)14(12)17/h6-9H,5,10H2,1-4H3,(H,18,19). The Morgan fingerprint density at radius 2 is 2.05 bits per heavy atom. The zero-order valence-corrected chi connectivity index (χ0v) is 12.0. The lowest BCUT2D eigenvalue weighted by Gasteiger charge is -2.20. The maximum absolute atomic E-state index is 11.3. The molecule has 2 aromatic rings. The third-order valence-corrected chi connectivity index (χ3v) is 3.73. The van der Waals surface area contributed by atoms with E-state index in [9.17, 15) is 9.90 Å². The van der Waals surface area contributed by atoms with Crippen LogP contribution in [0.2, 0.25) is 0 Å². The minimum absolute atomic E-state index is 0.546. The smallest absolute Gasteiger partial charge is 0.309 e. The van der Waals surface area contributed by atoms with E-state index in [1.54, 1.807) is 13.8 Å². The molecule has 0 bridgehead atoms. The summed E-state index contributed by atoms with van der Waals surface area (Å²) in [7, 11) is 0. The first kappa shape index (κ1) is 13.7. The largest absolute Gasteiger partial charge is 0.481 e. The first-order valence-electron chi connectivity index (χ1n) is 6.68. The van der Waals surface area contributed by atoms with E-state index in [1.165, 1.54) is 16.5 Å². The van der Waals surface area contributed by atoms with E-state index >= 15 is 0 Å². The van der Waals surface area contributed by atoms with E-state index in [2.05, 4.69) is 36.6 Å². The molecule has 1 heterocycles. The van der Waals surface area contributed by atoms with Crippen molar-refractivity contribution in [3.63, 3.8) is 0 Å². The molecule has 0 aliphatic heterocycles. The molecule has 3 heteroatoms. The number of aliphatic carboxylic acids is 1. The molecule has 102 valence electrons. The van der Waals surface area contributed by atoms with Gasteiger partial charge < -0.3 is 9.67 Å². The summed E-state index contributed by atoms with van der Waals surface area (Å²) < 4.78 is 2.23. The van der Waals surface area contributed by atoms with Gasteiger partial charge in [-0.3, -0.25) is 4.79 Å². The summed E-state index contributed by atoms with van der Waals surface area (Å²) >= 11 is 0. The van der Waals surface area contributed by atoms with Crippen LogP contribution in [0.25, 0.3) is 10.9 Å². The lowest BCUT2D eigenvalue weighted by atomic mass is 9.88. The molecule has 19 heavy (non-hydrogen) atoms. The number of aromatic nitrogens is 1. The third kappa shape index (κ3) is 2.37. The highest BCUT2D eigenvalue weighted by atomic mass is 16.4. The topological polar surface area (TPSA) is 42.2 Å². The van der Waals surface area contributed by atoms with Crippen LogP contribution >= 0.6 is 0 Å². The van der Waals surface area contributed by atoms with E-state index < -0.39 is 11.4 Å². The quantitative estimate of drug-likeness (QED) is 0.911. The number of carbonyl (C=O) groups is 1. The van der Waals surface area contributed by atoms with Crippen molar-refractivity contribution in [2.45, 2.75) is 40.7 Å². The van der Waals surface area contributed by atoms with Crippen LogP contribution in [-0.4, -0.2) is 15.6 Å². The van der Waals surface area contributed by atoms with Crippen molar-refractivity contribution in [1.82, 2.24) is 4.57 Å². The van der Waals surface area contributed by atoms with Crippen LogP contribution in [0.5, 0.6) is 0 Å². The summed E-state index contributed by atoms with van der Waals surface area (Å²) in [6.07, 6.45) is 0.546. The van der Waals surface area contributed by atoms with E-state index in [0.29, 0.717) is 6.42 Å². The van der Waals surface area contributed by atoms with Crippen LogP contribution in [0, 0.1) is 12.3 Å². The number of hydrogen-bond acceptors (Lipinski definition) is 1. The van der Waals surface area contributed by atoms with Crippen LogP contribution in [0.1, 0.15) is 32.0 Å². The molecule has 0 amide bonds. The Labute approximate surface area is 113 Å². The normalized spacial score (nSPS) is 12.0. The molecule has 0 aliphatic rings. The number of benzene rings is 1. The fourth-order valence-electron chi connectivity index (χ4n) is 2.60. The number of hydrogen-bond donors (Lipinski definition) is 1. The predicted octanol–water partition coefficient (Wildman–Crippen LogP) is 3.62. The van der Waals surface area contributed by atoms with Gasteiger partial charge in [0.1, 0.15) is 0 Å². The van der Waals surface area contributed by atoms with Gasteiger partial charge in [-0.2, -0.15) is 0 Å². The van der Waals surface area contributed by atoms with E-state index in [4.69, 9.17) is 0 Å². The first-order chi connectivity index (χ1) is 8.86. The Balaban J connectivity index is 2.56. The van der Waals surface area contributed by atoms with Gasteiger partial charge >= 0.3 is 5.97 Å². The third-order valence-electron chi connectivity index (χ3n) is 3.73. The Bertz CT molecular complexity index is 623. The lowest BCUT2D eigenvalue weighted by molar-refractivity contribution is -0.146. The summed E-state index contributed by atoms with van der Waals surface area (Å²) in [5.74, 6) is -0.753. The lowest BCUT2D eigenvalue weighted by Crippen LogP contribution is -2.27. The minimum atomic E-state index is -0.753. The number of carboxylic acid groups (broad SMARTS) is 1. The molecule has 0 aliphatic carbocycles.